The van der Waals surface area contributed by atoms with Crippen LogP contribution < -0.4 is 5.63 Å². The van der Waals surface area contributed by atoms with Crippen LogP contribution in [-0.4, -0.2) is 30.8 Å². The minimum absolute atomic E-state index is 0.235. The van der Waals surface area contributed by atoms with Crippen LogP contribution in [0.15, 0.2) is 66.2 Å². The number of hydrogen-bond acceptors (Lipinski definition) is 7. The van der Waals surface area contributed by atoms with Crippen LogP contribution in [0.1, 0.15) is 30.4 Å². The molecule has 32 heavy (non-hydrogen) atoms. The maximum Gasteiger partial charge on any atom is 0.336 e. The fourth-order valence-corrected chi connectivity index (χ4v) is 6.33. The van der Waals surface area contributed by atoms with Gasteiger partial charge in [-0.3, -0.25) is 0 Å². The molecule has 0 saturated carbocycles. The van der Waals surface area contributed by atoms with Crippen LogP contribution in [0.4, 0.5) is 0 Å². The predicted octanol–water partition coefficient (Wildman–Crippen LogP) is 4.71. The van der Waals surface area contributed by atoms with E-state index in [0.717, 1.165) is 35.8 Å². The SMILES string of the molecule is Cc1ccc2c(CSc3nc4cc(S(=O)(=O)N5CCCCC5)ccc4o3)cc(=O)oc2c1. The van der Waals surface area contributed by atoms with Gasteiger partial charge >= 0.3 is 5.63 Å². The Morgan fingerprint density at radius 3 is 2.62 bits per heavy atom. The molecule has 5 rings (SSSR count). The van der Waals surface area contributed by atoms with Crippen molar-refractivity contribution >= 4 is 43.9 Å². The Morgan fingerprint density at radius 2 is 1.81 bits per heavy atom. The Balaban J connectivity index is 1.40. The van der Waals surface area contributed by atoms with E-state index in [4.69, 9.17) is 8.83 Å². The van der Waals surface area contributed by atoms with Gasteiger partial charge in [-0.15, -0.1) is 0 Å². The lowest BCUT2D eigenvalue weighted by Gasteiger charge is -2.25. The van der Waals surface area contributed by atoms with Gasteiger partial charge in [-0.05, 0) is 55.2 Å². The smallest absolute Gasteiger partial charge is 0.336 e. The molecule has 0 aliphatic carbocycles. The largest absolute Gasteiger partial charge is 0.431 e. The molecule has 0 radical (unpaired) electrons. The monoisotopic (exact) mass is 470 g/mol. The summed E-state index contributed by atoms with van der Waals surface area (Å²) in [5.74, 6) is 0.469. The molecule has 0 bridgehead atoms. The molecule has 1 saturated heterocycles. The summed E-state index contributed by atoms with van der Waals surface area (Å²) in [4.78, 5) is 16.7. The molecule has 2 aromatic carbocycles. The maximum absolute atomic E-state index is 13.0. The molecule has 0 unspecified atom stereocenters. The Kier molecular flexibility index (Phi) is 5.56. The first-order chi connectivity index (χ1) is 15.4. The standard InChI is InChI=1S/C23H22N2O5S2/c1-15-5-7-18-16(12-22(26)29-21(18)11-15)14-31-23-24-19-13-17(6-8-20(19)30-23)32(27,28)25-9-3-2-4-10-25/h5-8,11-13H,2-4,9-10,14H2,1H3. The third-order valence-corrected chi connectivity index (χ3v) is 8.40. The molecule has 0 amide bonds. The van der Waals surface area contributed by atoms with Gasteiger partial charge in [0.1, 0.15) is 11.1 Å². The predicted molar refractivity (Wildman–Crippen MR) is 123 cm³/mol. The topological polar surface area (TPSA) is 93.6 Å². The van der Waals surface area contributed by atoms with Crippen molar-refractivity contribution in [3.63, 3.8) is 0 Å². The lowest BCUT2D eigenvalue weighted by Crippen LogP contribution is -2.35. The number of aromatic nitrogens is 1. The van der Waals surface area contributed by atoms with Gasteiger partial charge in [0.2, 0.25) is 10.0 Å². The van der Waals surface area contributed by atoms with Crippen LogP contribution in [-0.2, 0) is 15.8 Å². The van der Waals surface area contributed by atoms with Crippen LogP contribution >= 0.6 is 11.8 Å². The summed E-state index contributed by atoms with van der Waals surface area (Å²) in [5.41, 5.74) is 3.02. The summed E-state index contributed by atoms with van der Waals surface area (Å²) in [5, 5.41) is 1.29. The van der Waals surface area contributed by atoms with Crippen molar-refractivity contribution in [1.29, 1.82) is 0 Å². The van der Waals surface area contributed by atoms with Gasteiger partial charge in [0.05, 0.1) is 4.90 Å². The Hall–Kier alpha value is -2.62. The Morgan fingerprint density at radius 1 is 1.00 bits per heavy atom. The molecular weight excluding hydrogens is 448 g/mol. The summed E-state index contributed by atoms with van der Waals surface area (Å²) in [6.07, 6.45) is 2.84. The Bertz CT molecular complexity index is 1470. The van der Waals surface area contributed by atoms with Crippen molar-refractivity contribution in [2.45, 2.75) is 42.1 Å². The molecule has 166 valence electrons. The van der Waals surface area contributed by atoms with Gasteiger partial charge < -0.3 is 8.83 Å². The summed E-state index contributed by atoms with van der Waals surface area (Å²) in [6.45, 7) is 3.05. The number of nitrogens with zero attached hydrogens (tertiary/aromatic N) is 2. The minimum Gasteiger partial charge on any atom is -0.431 e. The zero-order chi connectivity index (χ0) is 22.3. The second-order valence-electron chi connectivity index (χ2n) is 7.95. The quantitative estimate of drug-likeness (QED) is 0.308. The van der Waals surface area contributed by atoms with Gasteiger partial charge in [-0.25, -0.2) is 18.2 Å². The number of fused-ring (bicyclic) bond motifs is 2. The van der Waals surface area contributed by atoms with E-state index in [1.807, 2.05) is 25.1 Å². The fourth-order valence-electron chi connectivity index (χ4n) is 3.96. The highest BCUT2D eigenvalue weighted by Crippen LogP contribution is 2.30. The van der Waals surface area contributed by atoms with Crippen molar-refractivity contribution in [2.24, 2.45) is 0 Å². The van der Waals surface area contributed by atoms with Gasteiger partial charge in [0, 0.05) is 30.3 Å². The normalized spacial score (nSPS) is 15.5. The van der Waals surface area contributed by atoms with E-state index in [-0.39, 0.29) is 4.90 Å². The first kappa shape index (κ1) is 21.2. The third-order valence-electron chi connectivity index (χ3n) is 5.63. The number of rotatable bonds is 5. The molecule has 1 aliphatic rings. The van der Waals surface area contributed by atoms with Crippen molar-refractivity contribution in [2.75, 3.05) is 13.1 Å². The van der Waals surface area contributed by atoms with Crippen LogP contribution in [0, 0.1) is 6.92 Å². The molecule has 4 aromatic rings. The summed E-state index contributed by atoms with van der Waals surface area (Å²) in [7, 11) is -3.53. The van der Waals surface area contributed by atoms with E-state index in [2.05, 4.69) is 4.98 Å². The zero-order valence-electron chi connectivity index (χ0n) is 17.5. The third kappa shape index (κ3) is 4.07. The fraction of sp³-hybridized carbons (Fsp3) is 0.304. The minimum atomic E-state index is -3.53. The number of benzene rings is 2. The number of sulfonamides is 1. The summed E-state index contributed by atoms with van der Waals surface area (Å²) < 4.78 is 38.6. The van der Waals surface area contributed by atoms with E-state index in [0.29, 0.717) is 40.7 Å². The maximum atomic E-state index is 13.0. The molecule has 2 aromatic heterocycles. The number of oxazole rings is 1. The van der Waals surface area contributed by atoms with Gasteiger partial charge in [-0.1, -0.05) is 30.3 Å². The second-order valence-corrected chi connectivity index (χ2v) is 10.8. The molecular formula is C23H22N2O5S2. The highest BCUT2D eigenvalue weighted by atomic mass is 32.2. The number of aryl methyl sites for hydroxylation is 1. The zero-order valence-corrected chi connectivity index (χ0v) is 19.2. The first-order valence-corrected chi connectivity index (χ1v) is 12.9. The molecule has 3 heterocycles. The Labute approximate surface area is 189 Å². The summed E-state index contributed by atoms with van der Waals surface area (Å²) in [6, 6.07) is 12.0. The van der Waals surface area contributed by atoms with Crippen molar-refractivity contribution in [3.8, 4) is 0 Å². The first-order valence-electron chi connectivity index (χ1n) is 10.5. The highest BCUT2D eigenvalue weighted by Gasteiger charge is 2.26. The average Bonchev–Trinajstić information content (AvgIpc) is 3.20. The highest BCUT2D eigenvalue weighted by molar-refractivity contribution is 7.98. The number of piperidine rings is 1. The molecule has 1 fully saturated rings. The molecule has 0 atom stereocenters. The van der Waals surface area contributed by atoms with E-state index in [9.17, 15) is 13.2 Å². The van der Waals surface area contributed by atoms with E-state index in [1.165, 1.54) is 17.8 Å². The molecule has 0 N–H and O–H groups in total. The van der Waals surface area contributed by atoms with Crippen LogP contribution in [0.5, 0.6) is 0 Å². The second kappa shape index (κ2) is 8.38. The lowest BCUT2D eigenvalue weighted by atomic mass is 10.1. The van der Waals surface area contributed by atoms with E-state index in [1.54, 1.807) is 22.5 Å². The van der Waals surface area contributed by atoms with E-state index < -0.39 is 15.6 Å². The van der Waals surface area contributed by atoms with Crippen molar-refractivity contribution in [1.82, 2.24) is 9.29 Å². The molecule has 0 spiro atoms. The molecule has 7 nitrogen and oxygen atoms in total. The average molecular weight is 471 g/mol. The van der Waals surface area contributed by atoms with E-state index >= 15 is 0 Å². The summed E-state index contributed by atoms with van der Waals surface area (Å²) >= 11 is 1.35. The van der Waals surface area contributed by atoms with Gasteiger partial charge in [0.25, 0.3) is 5.22 Å². The van der Waals surface area contributed by atoms with Crippen molar-refractivity contribution in [3.05, 3.63) is 64.0 Å². The van der Waals surface area contributed by atoms with Gasteiger partial charge in [0.15, 0.2) is 5.58 Å². The molecule has 9 heteroatoms. The van der Waals surface area contributed by atoms with Crippen LogP contribution in [0.25, 0.3) is 22.1 Å². The van der Waals surface area contributed by atoms with Crippen LogP contribution in [0.2, 0.25) is 0 Å². The van der Waals surface area contributed by atoms with Crippen LogP contribution in [0.3, 0.4) is 0 Å². The van der Waals surface area contributed by atoms with Gasteiger partial charge in [-0.2, -0.15) is 4.31 Å². The lowest BCUT2D eigenvalue weighted by molar-refractivity contribution is 0.346. The number of hydrogen-bond donors (Lipinski definition) is 0. The number of thioether (sulfide) groups is 1. The molecule has 1 aliphatic heterocycles. The van der Waals surface area contributed by atoms with Crippen molar-refractivity contribution < 1.29 is 17.3 Å².